The highest BCUT2D eigenvalue weighted by Gasteiger charge is 2.28. The third kappa shape index (κ3) is 4.83. The van der Waals surface area contributed by atoms with E-state index in [2.05, 4.69) is 10.6 Å². The molecule has 2 rings (SSSR count). The van der Waals surface area contributed by atoms with Gasteiger partial charge in [-0.15, -0.1) is 11.3 Å². The summed E-state index contributed by atoms with van der Waals surface area (Å²) in [7, 11) is 0. The Bertz CT molecular complexity index is 905. The quantitative estimate of drug-likeness (QED) is 0.399. The fourth-order valence-electron chi connectivity index (χ4n) is 2.67. The van der Waals surface area contributed by atoms with Gasteiger partial charge < -0.3 is 15.4 Å². The van der Waals surface area contributed by atoms with Crippen molar-refractivity contribution in [3.8, 4) is 0 Å². The minimum absolute atomic E-state index is 0.168. The molecule has 0 spiro atoms. The zero-order valence-electron chi connectivity index (χ0n) is 16.1. The number of amides is 1. The van der Waals surface area contributed by atoms with Crippen LogP contribution in [0.15, 0.2) is 30.3 Å². The molecule has 0 aliphatic carbocycles. The SMILES string of the molecule is CCOC(=O)c1c(NC(NC(C)=O)C(=O)c2ccccc2)sc(C(C)=O)c1C. The van der Waals surface area contributed by atoms with E-state index in [4.69, 9.17) is 4.74 Å². The van der Waals surface area contributed by atoms with Gasteiger partial charge in [0, 0.05) is 12.5 Å². The van der Waals surface area contributed by atoms with Gasteiger partial charge in [-0.3, -0.25) is 14.4 Å². The van der Waals surface area contributed by atoms with Crippen LogP contribution in [-0.2, 0) is 9.53 Å². The smallest absolute Gasteiger partial charge is 0.341 e. The molecule has 148 valence electrons. The molecule has 0 aliphatic heterocycles. The van der Waals surface area contributed by atoms with E-state index in [1.807, 2.05) is 0 Å². The summed E-state index contributed by atoms with van der Waals surface area (Å²) in [6, 6.07) is 8.46. The van der Waals surface area contributed by atoms with Gasteiger partial charge in [-0.2, -0.15) is 0 Å². The summed E-state index contributed by atoms with van der Waals surface area (Å²) < 4.78 is 5.09. The molecule has 0 radical (unpaired) electrons. The lowest BCUT2D eigenvalue weighted by Crippen LogP contribution is -2.45. The number of carbonyl (C=O) groups is 4. The van der Waals surface area contributed by atoms with Crippen molar-refractivity contribution in [1.82, 2.24) is 5.32 Å². The van der Waals surface area contributed by atoms with E-state index in [1.165, 1.54) is 13.8 Å². The van der Waals surface area contributed by atoms with Crippen molar-refractivity contribution in [3.63, 3.8) is 0 Å². The lowest BCUT2D eigenvalue weighted by Gasteiger charge is -2.19. The van der Waals surface area contributed by atoms with Crippen LogP contribution in [0.1, 0.15) is 56.7 Å². The van der Waals surface area contributed by atoms with Gasteiger partial charge in [-0.1, -0.05) is 30.3 Å². The van der Waals surface area contributed by atoms with Gasteiger partial charge in [0.1, 0.15) is 5.00 Å². The van der Waals surface area contributed by atoms with Crippen LogP contribution < -0.4 is 10.6 Å². The Morgan fingerprint density at radius 2 is 1.75 bits per heavy atom. The second-order valence-electron chi connectivity index (χ2n) is 6.05. The number of hydrogen-bond donors (Lipinski definition) is 2. The lowest BCUT2D eigenvalue weighted by molar-refractivity contribution is -0.119. The van der Waals surface area contributed by atoms with Gasteiger partial charge in [-0.05, 0) is 26.3 Å². The molecule has 1 amide bonds. The number of esters is 1. The number of nitrogens with one attached hydrogen (secondary N) is 2. The van der Waals surface area contributed by atoms with E-state index in [0.717, 1.165) is 11.3 Å². The van der Waals surface area contributed by atoms with Gasteiger partial charge in [0.25, 0.3) is 0 Å². The molecule has 0 fully saturated rings. The van der Waals surface area contributed by atoms with E-state index in [1.54, 1.807) is 44.2 Å². The number of ether oxygens (including phenoxy) is 1. The molecule has 0 saturated heterocycles. The van der Waals surface area contributed by atoms with Gasteiger partial charge in [-0.25, -0.2) is 4.79 Å². The average Bonchev–Trinajstić information content (AvgIpc) is 2.97. The van der Waals surface area contributed by atoms with Gasteiger partial charge in [0.05, 0.1) is 17.0 Å². The summed E-state index contributed by atoms with van der Waals surface area (Å²) in [5.41, 5.74) is 1.06. The van der Waals surface area contributed by atoms with Crippen LogP contribution >= 0.6 is 11.3 Å². The summed E-state index contributed by atoms with van der Waals surface area (Å²) in [4.78, 5) is 49.2. The largest absolute Gasteiger partial charge is 0.462 e. The van der Waals surface area contributed by atoms with Crippen molar-refractivity contribution < 1.29 is 23.9 Å². The fraction of sp³-hybridized carbons (Fsp3) is 0.300. The Hall–Kier alpha value is -3.00. The number of hydrogen-bond acceptors (Lipinski definition) is 7. The van der Waals surface area contributed by atoms with E-state index in [9.17, 15) is 19.2 Å². The van der Waals surface area contributed by atoms with E-state index >= 15 is 0 Å². The molecule has 0 bridgehead atoms. The average molecular weight is 402 g/mol. The zero-order chi connectivity index (χ0) is 20.8. The van der Waals surface area contributed by atoms with Gasteiger partial charge >= 0.3 is 5.97 Å². The highest BCUT2D eigenvalue weighted by molar-refractivity contribution is 7.18. The molecular formula is C20H22N2O5S. The second-order valence-corrected chi connectivity index (χ2v) is 7.07. The standard InChI is InChI=1S/C20H22N2O5S/c1-5-27-20(26)15-11(2)17(12(3)23)28-19(15)22-18(21-13(4)24)16(25)14-9-7-6-8-10-14/h6-10,18,22H,5H2,1-4H3,(H,21,24). The predicted molar refractivity (Wildman–Crippen MR) is 107 cm³/mol. The molecule has 2 aromatic rings. The third-order valence-electron chi connectivity index (χ3n) is 3.89. The van der Waals surface area contributed by atoms with Crippen molar-refractivity contribution in [2.75, 3.05) is 11.9 Å². The first-order chi connectivity index (χ1) is 13.3. The molecule has 28 heavy (non-hydrogen) atoms. The molecule has 1 atom stereocenters. The van der Waals surface area contributed by atoms with Crippen LogP contribution in [0.25, 0.3) is 0 Å². The molecule has 0 saturated carbocycles. The van der Waals surface area contributed by atoms with Crippen molar-refractivity contribution in [2.24, 2.45) is 0 Å². The summed E-state index contributed by atoms with van der Waals surface area (Å²) in [5, 5.41) is 5.76. The fourth-order valence-corrected chi connectivity index (χ4v) is 3.79. The van der Waals surface area contributed by atoms with Crippen LogP contribution in [0.4, 0.5) is 5.00 Å². The van der Waals surface area contributed by atoms with E-state index < -0.39 is 18.0 Å². The maximum Gasteiger partial charge on any atom is 0.341 e. The zero-order valence-corrected chi connectivity index (χ0v) is 16.9. The highest BCUT2D eigenvalue weighted by atomic mass is 32.1. The number of benzene rings is 1. The number of thiophene rings is 1. The molecule has 1 heterocycles. The number of ketones is 2. The number of carbonyl (C=O) groups excluding carboxylic acids is 4. The van der Waals surface area contributed by atoms with Crippen LogP contribution in [0.3, 0.4) is 0 Å². The molecule has 8 heteroatoms. The lowest BCUT2D eigenvalue weighted by atomic mass is 10.1. The molecule has 1 aromatic carbocycles. The normalized spacial score (nSPS) is 11.4. The van der Waals surface area contributed by atoms with Crippen molar-refractivity contribution >= 4 is 39.8 Å². The monoisotopic (exact) mass is 402 g/mol. The first kappa shape index (κ1) is 21.3. The number of anilines is 1. The van der Waals surface area contributed by atoms with Gasteiger partial charge in [0.2, 0.25) is 11.7 Å². The summed E-state index contributed by atoms with van der Waals surface area (Å²) in [5.74, 6) is -1.59. The summed E-state index contributed by atoms with van der Waals surface area (Å²) >= 11 is 1.05. The van der Waals surface area contributed by atoms with Crippen molar-refractivity contribution in [1.29, 1.82) is 0 Å². The summed E-state index contributed by atoms with van der Waals surface area (Å²) in [6.07, 6.45) is -1.11. The number of rotatable bonds is 8. The van der Waals surface area contributed by atoms with Gasteiger partial charge in [0.15, 0.2) is 11.9 Å². The Kier molecular flexibility index (Phi) is 7.06. The Morgan fingerprint density at radius 3 is 2.29 bits per heavy atom. The van der Waals surface area contributed by atoms with Crippen LogP contribution in [-0.4, -0.2) is 36.2 Å². The highest BCUT2D eigenvalue weighted by Crippen LogP contribution is 2.34. The Balaban J connectivity index is 2.47. The molecule has 0 aliphatic rings. The molecular weight excluding hydrogens is 380 g/mol. The maximum atomic E-state index is 12.9. The summed E-state index contributed by atoms with van der Waals surface area (Å²) in [6.45, 7) is 6.19. The Labute approximate surface area is 167 Å². The first-order valence-corrected chi connectivity index (χ1v) is 9.52. The van der Waals surface area contributed by atoms with Crippen LogP contribution in [0, 0.1) is 6.92 Å². The first-order valence-electron chi connectivity index (χ1n) is 8.70. The molecule has 1 unspecified atom stereocenters. The number of Topliss-reactive ketones (excluding diaryl/α,β-unsaturated/α-hetero) is 2. The minimum atomic E-state index is -1.11. The molecule has 7 nitrogen and oxygen atoms in total. The topological polar surface area (TPSA) is 102 Å². The minimum Gasteiger partial charge on any atom is -0.462 e. The van der Waals surface area contributed by atoms with Crippen LogP contribution in [0.2, 0.25) is 0 Å². The predicted octanol–water partition coefficient (Wildman–Crippen LogP) is 3.19. The van der Waals surface area contributed by atoms with E-state index in [0.29, 0.717) is 21.0 Å². The van der Waals surface area contributed by atoms with E-state index in [-0.39, 0.29) is 23.7 Å². The van der Waals surface area contributed by atoms with Crippen molar-refractivity contribution in [3.05, 3.63) is 51.9 Å². The third-order valence-corrected chi connectivity index (χ3v) is 5.21. The molecule has 1 aromatic heterocycles. The maximum absolute atomic E-state index is 12.9. The second kappa shape index (κ2) is 9.27. The Morgan fingerprint density at radius 1 is 1.11 bits per heavy atom. The van der Waals surface area contributed by atoms with Crippen LogP contribution in [0.5, 0.6) is 0 Å². The van der Waals surface area contributed by atoms with Crippen molar-refractivity contribution in [2.45, 2.75) is 33.9 Å². The molecule has 2 N–H and O–H groups in total.